The molecule has 3 aliphatic heterocycles. The Hall–Kier alpha value is -4.39. The maximum Gasteiger partial charge on any atom is 0.422 e. The lowest BCUT2D eigenvalue weighted by atomic mass is 9.72. The van der Waals surface area contributed by atoms with Crippen LogP contribution < -0.4 is 9.64 Å². The van der Waals surface area contributed by atoms with Crippen molar-refractivity contribution in [1.29, 1.82) is 0 Å². The second-order valence-electron chi connectivity index (χ2n) is 16.6. The maximum absolute atomic E-state index is 14.1. The smallest absolute Gasteiger partial charge is 0.422 e. The van der Waals surface area contributed by atoms with Crippen molar-refractivity contribution in [1.82, 2.24) is 24.6 Å². The van der Waals surface area contributed by atoms with E-state index in [0.29, 0.717) is 66.5 Å². The highest BCUT2D eigenvalue weighted by atomic mass is 19.4. The number of ether oxygens (including phenoxy) is 3. The van der Waals surface area contributed by atoms with E-state index in [1.807, 2.05) is 50.6 Å². The molecule has 1 atom stereocenters. The van der Waals surface area contributed by atoms with Gasteiger partial charge in [-0.1, -0.05) is 25.1 Å². The Balaban J connectivity index is 1.23. The fraction of sp³-hybridized carbons (Fsp3) is 0.561. The van der Waals surface area contributed by atoms with Gasteiger partial charge in [-0.15, -0.1) is 0 Å². The fourth-order valence-electron chi connectivity index (χ4n) is 8.50. The molecular formula is C41H49F3N6O4. The standard InChI is InChI=1S/C41H49F3N6O4/c1-6-26-20-28-34(35(53-24-41(42,43)44)33(26)32-25(2)13-14-30-29(32)21-45-50(30)31-12-7-8-19-52-31)46-36(27-10-9-11-27)47-37(28)48-17-15-40(16-18-48)22-49(23-40)38(51)54-39(3,4)5/h6,13-14,20-21,27,31H,1,7-12,15-19,22-24H2,2-5H3. The number of anilines is 1. The van der Waals surface area contributed by atoms with Gasteiger partial charge in [0.25, 0.3) is 0 Å². The quantitative estimate of drug-likeness (QED) is 0.185. The van der Waals surface area contributed by atoms with Gasteiger partial charge in [-0.05, 0) is 101 Å². The highest BCUT2D eigenvalue weighted by molar-refractivity contribution is 6.07. The molecule has 4 aromatic rings. The lowest BCUT2D eigenvalue weighted by molar-refractivity contribution is -0.153. The Morgan fingerprint density at radius 2 is 1.80 bits per heavy atom. The molecule has 2 aromatic heterocycles. The van der Waals surface area contributed by atoms with E-state index < -0.39 is 18.4 Å². The molecule has 10 nitrogen and oxygen atoms in total. The molecule has 3 saturated heterocycles. The first-order chi connectivity index (χ1) is 25.7. The molecule has 5 heterocycles. The molecule has 1 unspecified atom stereocenters. The summed E-state index contributed by atoms with van der Waals surface area (Å²) in [7, 11) is 0. The number of fused-ring (bicyclic) bond motifs is 2. The Bertz CT molecular complexity index is 2080. The number of rotatable bonds is 7. The summed E-state index contributed by atoms with van der Waals surface area (Å²) in [6, 6.07) is 5.93. The van der Waals surface area contributed by atoms with Crippen LogP contribution in [-0.4, -0.2) is 81.9 Å². The zero-order valence-electron chi connectivity index (χ0n) is 31.6. The minimum atomic E-state index is -4.58. The first kappa shape index (κ1) is 36.6. The van der Waals surface area contributed by atoms with Gasteiger partial charge in [-0.2, -0.15) is 18.3 Å². The number of likely N-dealkylation sites (tertiary alicyclic amines) is 1. The predicted octanol–water partition coefficient (Wildman–Crippen LogP) is 9.34. The van der Waals surface area contributed by atoms with Crippen LogP contribution in [0.15, 0.2) is 31.0 Å². The molecule has 13 heteroatoms. The second-order valence-corrected chi connectivity index (χ2v) is 16.6. The minimum absolute atomic E-state index is 0.00319. The van der Waals surface area contributed by atoms with Crippen molar-refractivity contribution in [2.24, 2.45) is 5.41 Å². The minimum Gasteiger partial charge on any atom is -0.481 e. The van der Waals surface area contributed by atoms with E-state index in [1.54, 1.807) is 17.2 Å². The average molecular weight is 747 g/mol. The highest BCUT2D eigenvalue weighted by Crippen LogP contribution is 2.49. The Kier molecular flexibility index (Phi) is 9.30. The molecule has 1 amide bonds. The molecule has 0 N–H and O–H groups in total. The van der Waals surface area contributed by atoms with Gasteiger partial charge in [0.2, 0.25) is 0 Å². The lowest BCUT2D eigenvalue weighted by Crippen LogP contribution is -2.62. The SMILES string of the molecule is C=Cc1cc2c(N3CCC4(CC3)CN(C(=O)OC(C)(C)C)C4)nc(C3CCC3)nc2c(OCC(F)(F)F)c1-c1c(C)ccc2c1cnn2C1CCCCO1. The normalized spacial score (nSPS) is 20.6. The summed E-state index contributed by atoms with van der Waals surface area (Å²) in [5.74, 6) is 1.52. The van der Waals surface area contributed by atoms with Crippen molar-refractivity contribution >= 4 is 39.8 Å². The summed E-state index contributed by atoms with van der Waals surface area (Å²) in [5, 5.41) is 6.17. The van der Waals surface area contributed by atoms with Gasteiger partial charge in [0.15, 0.2) is 18.6 Å². The van der Waals surface area contributed by atoms with Gasteiger partial charge < -0.3 is 24.0 Å². The number of nitrogens with zero attached hydrogens (tertiary/aromatic N) is 6. The average Bonchev–Trinajstić information content (AvgIpc) is 3.52. The third-order valence-corrected chi connectivity index (χ3v) is 11.5. The van der Waals surface area contributed by atoms with Crippen molar-refractivity contribution in [2.45, 2.75) is 103 Å². The summed E-state index contributed by atoms with van der Waals surface area (Å²) in [6.45, 7) is 13.5. The first-order valence-electron chi connectivity index (χ1n) is 19.2. The zero-order valence-corrected chi connectivity index (χ0v) is 31.6. The topological polar surface area (TPSA) is 94.8 Å². The summed E-state index contributed by atoms with van der Waals surface area (Å²) in [5.41, 5.74) is 3.37. The van der Waals surface area contributed by atoms with E-state index in [-0.39, 0.29) is 29.4 Å². The molecule has 1 saturated carbocycles. The van der Waals surface area contributed by atoms with E-state index in [2.05, 4.69) is 11.5 Å². The Morgan fingerprint density at radius 3 is 2.43 bits per heavy atom. The molecule has 54 heavy (non-hydrogen) atoms. The summed E-state index contributed by atoms with van der Waals surface area (Å²) >= 11 is 0. The van der Waals surface area contributed by atoms with Gasteiger partial charge in [-0.3, -0.25) is 0 Å². The number of halogens is 3. The number of hydrogen-bond donors (Lipinski definition) is 0. The monoisotopic (exact) mass is 746 g/mol. The highest BCUT2D eigenvalue weighted by Gasteiger charge is 2.48. The summed E-state index contributed by atoms with van der Waals surface area (Å²) in [4.78, 5) is 26.9. The van der Waals surface area contributed by atoms with Crippen LogP contribution in [0.3, 0.4) is 0 Å². The van der Waals surface area contributed by atoms with Crippen LogP contribution >= 0.6 is 0 Å². The molecule has 4 aliphatic rings. The van der Waals surface area contributed by atoms with Gasteiger partial charge >= 0.3 is 12.3 Å². The van der Waals surface area contributed by atoms with Crippen LogP contribution in [0.1, 0.15) is 101 Å². The largest absolute Gasteiger partial charge is 0.481 e. The van der Waals surface area contributed by atoms with Crippen LogP contribution in [0.5, 0.6) is 5.75 Å². The van der Waals surface area contributed by atoms with Gasteiger partial charge in [0, 0.05) is 60.5 Å². The van der Waals surface area contributed by atoms with Crippen LogP contribution in [-0.2, 0) is 9.47 Å². The van der Waals surface area contributed by atoms with E-state index in [1.165, 1.54) is 0 Å². The van der Waals surface area contributed by atoms with Crippen LogP contribution in [0.2, 0.25) is 0 Å². The van der Waals surface area contributed by atoms with Crippen LogP contribution in [0.25, 0.3) is 39.0 Å². The van der Waals surface area contributed by atoms with Crippen molar-refractivity contribution in [3.05, 3.63) is 47.9 Å². The zero-order chi connectivity index (χ0) is 38.0. The number of benzene rings is 2. The van der Waals surface area contributed by atoms with E-state index in [9.17, 15) is 18.0 Å². The number of aryl methyl sites for hydroxylation is 1. The summed E-state index contributed by atoms with van der Waals surface area (Å²) < 4.78 is 61.7. The molecule has 4 fully saturated rings. The maximum atomic E-state index is 14.1. The first-order valence-corrected chi connectivity index (χ1v) is 19.2. The van der Waals surface area contributed by atoms with Gasteiger partial charge in [0.1, 0.15) is 22.8 Å². The number of alkyl halides is 3. The molecule has 288 valence electrons. The number of hydrogen-bond acceptors (Lipinski definition) is 8. The van der Waals surface area contributed by atoms with Crippen molar-refractivity contribution in [3.8, 4) is 16.9 Å². The fourth-order valence-corrected chi connectivity index (χ4v) is 8.50. The molecule has 8 rings (SSSR count). The molecule has 0 radical (unpaired) electrons. The molecule has 0 bridgehead atoms. The number of piperidine rings is 1. The number of amides is 1. The lowest BCUT2D eigenvalue weighted by Gasteiger charge is -2.53. The summed E-state index contributed by atoms with van der Waals surface area (Å²) in [6.07, 6.45) is 5.81. The van der Waals surface area contributed by atoms with Crippen LogP contribution in [0.4, 0.5) is 23.8 Å². The van der Waals surface area contributed by atoms with Crippen molar-refractivity contribution < 1.29 is 32.2 Å². The van der Waals surface area contributed by atoms with Crippen LogP contribution in [0, 0.1) is 12.3 Å². The molecule has 2 aromatic carbocycles. The second kappa shape index (κ2) is 13.7. The van der Waals surface area contributed by atoms with E-state index in [0.717, 1.165) is 73.4 Å². The molecule has 1 aliphatic carbocycles. The Labute approximate surface area is 313 Å². The third kappa shape index (κ3) is 6.88. The van der Waals surface area contributed by atoms with Crippen molar-refractivity contribution in [3.63, 3.8) is 0 Å². The van der Waals surface area contributed by atoms with Crippen molar-refractivity contribution in [2.75, 3.05) is 44.3 Å². The number of aromatic nitrogens is 4. The molecule has 1 spiro atoms. The molecular weight excluding hydrogens is 697 g/mol. The van der Waals surface area contributed by atoms with E-state index in [4.69, 9.17) is 29.3 Å². The number of carbonyl (C=O) groups is 1. The van der Waals surface area contributed by atoms with Gasteiger partial charge in [0.05, 0.1) is 11.7 Å². The number of carbonyl (C=O) groups excluding carboxylic acids is 1. The van der Waals surface area contributed by atoms with E-state index >= 15 is 0 Å². The predicted molar refractivity (Wildman–Crippen MR) is 202 cm³/mol. The van der Waals surface area contributed by atoms with Gasteiger partial charge in [-0.25, -0.2) is 19.4 Å². The third-order valence-electron chi connectivity index (χ3n) is 11.5. The Morgan fingerprint density at radius 1 is 1.04 bits per heavy atom.